The molecule has 32 heavy (non-hydrogen) atoms. The Morgan fingerprint density at radius 3 is 2.59 bits per heavy atom. The van der Waals surface area contributed by atoms with Gasteiger partial charge in [-0.1, -0.05) is 6.92 Å². The van der Waals surface area contributed by atoms with E-state index >= 15 is 0 Å². The molecule has 1 amide bonds. The first-order valence-electron chi connectivity index (χ1n) is 10.7. The molecule has 1 aliphatic heterocycles. The van der Waals surface area contributed by atoms with Gasteiger partial charge in [-0.15, -0.1) is 0 Å². The maximum absolute atomic E-state index is 11.6. The molecule has 4 rings (SSSR count). The lowest BCUT2D eigenvalue weighted by Gasteiger charge is -2.31. The molecule has 1 aliphatic rings. The number of nitrogens with two attached hydrogens (primary N) is 1. The maximum atomic E-state index is 11.6. The van der Waals surface area contributed by atoms with Crippen molar-refractivity contribution in [1.29, 1.82) is 0 Å². The van der Waals surface area contributed by atoms with E-state index in [1.165, 1.54) is 11.8 Å². The van der Waals surface area contributed by atoms with Crippen molar-refractivity contribution in [2.24, 2.45) is 5.73 Å². The number of rotatable bonds is 7. The minimum absolute atomic E-state index is 0.00740. The van der Waals surface area contributed by atoms with E-state index in [0.717, 1.165) is 48.0 Å². The molecule has 3 aromatic rings. The Labute approximate surface area is 191 Å². The van der Waals surface area contributed by atoms with Crippen LogP contribution in [0.2, 0.25) is 0 Å². The lowest BCUT2D eigenvalue weighted by molar-refractivity contribution is -0.115. The molecular formula is C22H28N8OS. The molecule has 5 N–H and O–H groups in total. The zero-order valence-corrected chi connectivity index (χ0v) is 19.1. The summed E-state index contributed by atoms with van der Waals surface area (Å²) >= 11 is 1.48. The van der Waals surface area contributed by atoms with Gasteiger partial charge in [0.2, 0.25) is 5.91 Å². The average Bonchev–Trinajstić information content (AvgIpc) is 3.19. The number of amides is 1. The minimum atomic E-state index is -0.00740. The zero-order valence-electron chi connectivity index (χ0n) is 18.3. The van der Waals surface area contributed by atoms with Crippen molar-refractivity contribution in [3.63, 3.8) is 0 Å². The third-order valence-corrected chi connectivity index (χ3v) is 6.06. The molecule has 168 valence electrons. The first-order valence-corrected chi connectivity index (χ1v) is 11.6. The number of benzene rings is 1. The molecule has 9 nitrogen and oxygen atoms in total. The Bertz CT molecular complexity index is 1060. The van der Waals surface area contributed by atoms with E-state index in [2.05, 4.69) is 25.7 Å². The van der Waals surface area contributed by atoms with Gasteiger partial charge in [0.05, 0.1) is 0 Å². The molecule has 1 saturated heterocycles. The van der Waals surface area contributed by atoms with E-state index in [-0.39, 0.29) is 11.9 Å². The quantitative estimate of drug-likeness (QED) is 0.400. The van der Waals surface area contributed by atoms with Gasteiger partial charge in [-0.25, -0.2) is 9.97 Å². The van der Waals surface area contributed by atoms with Crippen molar-refractivity contribution in [3.05, 3.63) is 42.1 Å². The topological polar surface area (TPSA) is 125 Å². The highest BCUT2D eigenvalue weighted by Crippen LogP contribution is 2.30. The Hall–Kier alpha value is -3.11. The molecule has 1 fully saturated rings. The van der Waals surface area contributed by atoms with Gasteiger partial charge in [-0.2, -0.15) is 5.10 Å². The van der Waals surface area contributed by atoms with Crippen LogP contribution in [0.4, 0.5) is 23.1 Å². The number of aryl methyl sites for hydroxylation is 1. The van der Waals surface area contributed by atoms with Gasteiger partial charge in [0, 0.05) is 54.0 Å². The third kappa shape index (κ3) is 5.77. The van der Waals surface area contributed by atoms with Crippen LogP contribution in [0.1, 0.15) is 31.9 Å². The zero-order chi connectivity index (χ0) is 22.5. The molecule has 3 heterocycles. The summed E-state index contributed by atoms with van der Waals surface area (Å²) in [5, 5.41) is 14.0. The molecule has 0 atom stereocenters. The van der Waals surface area contributed by atoms with Crippen molar-refractivity contribution >= 4 is 40.8 Å². The third-order valence-electron chi connectivity index (χ3n) is 5.19. The molecule has 0 aliphatic carbocycles. The maximum Gasteiger partial charge on any atom is 0.224 e. The van der Waals surface area contributed by atoms with E-state index in [4.69, 9.17) is 15.7 Å². The number of nitrogens with zero attached hydrogens (tertiary/aromatic N) is 4. The molecule has 1 aromatic carbocycles. The summed E-state index contributed by atoms with van der Waals surface area (Å²) in [6, 6.07) is 11.8. The van der Waals surface area contributed by atoms with E-state index in [0.29, 0.717) is 23.2 Å². The van der Waals surface area contributed by atoms with Crippen LogP contribution >= 0.6 is 11.8 Å². The Kier molecular flexibility index (Phi) is 6.91. The molecule has 0 spiro atoms. The van der Waals surface area contributed by atoms with Crippen LogP contribution in [0.3, 0.4) is 0 Å². The SMILES string of the molecule is CCC(=O)Nc1ccc(Sc2nc(Nc3cc(C)[nH]n3)cc(N3CCC(N)CC3)n2)cc1. The van der Waals surface area contributed by atoms with Gasteiger partial charge in [0.15, 0.2) is 11.0 Å². The number of nitrogens with one attached hydrogen (secondary N) is 3. The van der Waals surface area contributed by atoms with Crippen LogP contribution in [0.15, 0.2) is 46.5 Å². The summed E-state index contributed by atoms with van der Waals surface area (Å²) < 4.78 is 0. The molecule has 0 bridgehead atoms. The highest BCUT2D eigenvalue weighted by molar-refractivity contribution is 7.99. The minimum Gasteiger partial charge on any atom is -0.356 e. The summed E-state index contributed by atoms with van der Waals surface area (Å²) in [6.45, 7) is 5.52. The van der Waals surface area contributed by atoms with Crippen molar-refractivity contribution < 1.29 is 4.79 Å². The number of H-pyrrole nitrogens is 1. The summed E-state index contributed by atoms with van der Waals surface area (Å²) in [7, 11) is 0. The van der Waals surface area contributed by atoms with Crippen molar-refractivity contribution in [2.45, 2.75) is 49.2 Å². The van der Waals surface area contributed by atoms with Crippen molar-refractivity contribution in [2.75, 3.05) is 28.6 Å². The van der Waals surface area contributed by atoms with Crippen LogP contribution in [0, 0.1) is 6.92 Å². The summed E-state index contributed by atoms with van der Waals surface area (Å²) in [4.78, 5) is 24.3. The molecule has 0 saturated carbocycles. The van der Waals surface area contributed by atoms with E-state index < -0.39 is 0 Å². The van der Waals surface area contributed by atoms with Crippen LogP contribution < -0.4 is 21.3 Å². The van der Waals surface area contributed by atoms with E-state index in [1.54, 1.807) is 0 Å². The molecule has 10 heteroatoms. The normalized spacial score (nSPS) is 14.4. The van der Waals surface area contributed by atoms with Gasteiger partial charge in [-0.3, -0.25) is 9.89 Å². The lowest BCUT2D eigenvalue weighted by Crippen LogP contribution is -2.40. The lowest BCUT2D eigenvalue weighted by atomic mass is 10.1. The average molecular weight is 453 g/mol. The van der Waals surface area contributed by atoms with E-state index in [9.17, 15) is 4.79 Å². The van der Waals surface area contributed by atoms with Crippen LogP contribution in [0.5, 0.6) is 0 Å². The summed E-state index contributed by atoms with van der Waals surface area (Å²) in [5.41, 5.74) is 7.82. The van der Waals surface area contributed by atoms with Crippen LogP contribution in [-0.2, 0) is 4.79 Å². The number of aromatic amines is 1. The Morgan fingerprint density at radius 1 is 1.19 bits per heavy atom. The van der Waals surface area contributed by atoms with Gasteiger partial charge in [0.25, 0.3) is 0 Å². The number of hydrogen-bond donors (Lipinski definition) is 4. The predicted octanol–water partition coefficient (Wildman–Crippen LogP) is 3.68. The fourth-order valence-electron chi connectivity index (χ4n) is 3.39. The summed E-state index contributed by atoms with van der Waals surface area (Å²) in [6.07, 6.45) is 2.33. The van der Waals surface area contributed by atoms with E-state index in [1.807, 2.05) is 50.2 Å². The van der Waals surface area contributed by atoms with Gasteiger partial charge in [0.1, 0.15) is 11.6 Å². The number of aromatic nitrogens is 4. The largest absolute Gasteiger partial charge is 0.356 e. The smallest absolute Gasteiger partial charge is 0.224 e. The fourth-order valence-corrected chi connectivity index (χ4v) is 4.15. The monoisotopic (exact) mass is 452 g/mol. The predicted molar refractivity (Wildman–Crippen MR) is 128 cm³/mol. The molecular weight excluding hydrogens is 424 g/mol. The van der Waals surface area contributed by atoms with Crippen LogP contribution in [-0.4, -0.2) is 45.2 Å². The number of carbonyl (C=O) groups excluding carboxylic acids is 1. The first kappa shape index (κ1) is 22.1. The number of anilines is 4. The summed E-state index contributed by atoms with van der Waals surface area (Å²) in [5.74, 6) is 2.26. The van der Waals surface area contributed by atoms with Gasteiger partial charge in [-0.05, 0) is 55.8 Å². The number of piperidine rings is 1. The second kappa shape index (κ2) is 10.0. The first-order chi connectivity index (χ1) is 15.5. The highest BCUT2D eigenvalue weighted by atomic mass is 32.2. The number of carbonyl (C=O) groups is 1. The Morgan fingerprint density at radius 2 is 1.94 bits per heavy atom. The molecule has 0 radical (unpaired) electrons. The second-order valence-corrected chi connectivity index (χ2v) is 8.85. The number of hydrogen-bond acceptors (Lipinski definition) is 8. The highest BCUT2D eigenvalue weighted by Gasteiger charge is 2.19. The molecule has 2 aromatic heterocycles. The fraction of sp³-hybridized carbons (Fsp3) is 0.364. The van der Waals surface area contributed by atoms with Crippen molar-refractivity contribution in [3.8, 4) is 0 Å². The molecule has 0 unspecified atom stereocenters. The van der Waals surface area contributed by atoms with Crippen molar-refractivity contribution in [1.82, 2.24) is 20.2 Å². The Balaban J connectivity index is 1.56. The second-order valence-electron chi connectivity index (χ2n) is 7.81. The van der Waals surface area contributed by atoms with Crippen LogP contribution in [0.25, 0.3) is 0 Å². The standard InChI is InChI=1S/C22H28N8OS/c1-3-21(31)24-16-4-6-17(7-5-16)32-22-26-18(25-19-12-14(2)28-29-19)13-20(27-22)30-10-8-15(23)9-11-30/h4-7,12-13,15H,3,8-11,23H2,1-2H3,(H,24,31)(H2,25,26,27,28,29). The van der Waals surface area contributed by atoms with Gasteiger partial charge >= 0.3 is 0 Å². The van der Waals surface area contributed by atoms with Gasteiger partial charge < -0.3 is 21.3 Å².